The molecule has 0 unspecified atom stereocenters. The molecule has 0 saturated carbocycles. The monoisotopic (exact) mass is 192 g/mol. The molecule has 0 aromatic heterocycles. The Morgan fingerprint density at radius 3 is 0.429 bits per heavy atom. The van der Waals surface area contributed by atoms with Gasteiger partial charge in [-0.1, -0.05) is 0 Å². The Morgan fingerprint density at radius 1 is 0.429 bits per heavy atom. The maximum atomic E-state index is 0. The molecule has 0 rings (SSSR count). The second-order valence-corrected chi connectivity index (χ2v) is 0. The van der Waals surface area contributed by atoms with Crippen molar-refractivity contribution < 1.29 is 68.1 Å². The summed E-state index contributed by atoms with van der Waals surface area (Å²) < 4.78 is 0. The zero-order valence-corrected chi connectivity index (χ0v) is 9.45. The molecule has 7 heavy (non-hydrogen) atoms. The van der Waals surface area contributed by atoms with Gasteiger partial charge in [-0.3, -0.25) is 0 Å². The number of hydrogen-bond acceptors (Lipinski definition) is 0. The fraction of sp³-hybridized carbons (Fsp3) is 0. The smallest absolute Gasteiger partial charge is 2.00 e. The standard InChI is InChI=1S/2Al.3O.2Sc/q2*+3;3*-2;;. The normalized spacial score (nSPS) is 0. The molecule has 0 spiro atoms. The summed E-state index contributed by atoms with van der Waals surface area (Å²) >= 11 is 0. The SMILES string of the molecule is [Al+3].[Al+3].[O-2].[O-2].[O-2].[Sc].[Sc]. The zero-order chi connectivity index (χ0) is 0. The third kappa shape index (κ3) is 53.8. The molecule has 0 N–H and O–H groups in total. The molecule has 3 nitrogen and oxygen atoms in total. The van der Waals surface area contributed by atoms with E-state index in [-0.39, 0.29) is 103 Å². The van der Waals surface area contributed by atoms with E-state index in [0.717, 1.165) is 0 Å². The van der Waals surface area contributed by atoms with E-state index in [0.29, 0.717) is 0 Å². The minimum absolute atomic E-state index is 0. The van der Waals surface area contributed by atoms with Gasteiger partial charge < -0.3 is 16.4 Å². The quantitative estimate of drug-likeness (QED) is 0.435. The first-order valence-corrected chi connectivity index (χ1v) is 0. The second-order valence-electron chi connectivity index (χ2n) is 0. The first kappa shape index (κ1) is 101. The molecule has 0 amide bonds. The summed E-state index contributed by atoms with van der Waals surface area (Å²) in [6.45, 7) is 0. The van der Waals surface area contributed by atoms with Gasteiger partial charge in [0, 0.05) is 51.7 Å². The molecule has 0 aliphatic heterocycles. The molecule has 7 heteroatoms. The van der Waals surface area contributed by atoms with Crippen molar-refractivity contribution >= 4 is 34.7 Å². The first-order valence-electron chi connectivity index (χ1n) is 0. The van der Waals surface area contributed by atoms with Crippen LogP contribution in [0.4, 0.5) is 0 Å². The molecule has 0 aromatic carbocycles. The van der Waals surface area contributed by atoms with Gasteiger partial charge in [-0.25, -0.2) is 0 Å². The molecule has 0 heterocycles. The predicted molar refractivity (Wildman–Crippen MR) is 13.6 cm³/mol. The molecular formula is Al2O3Sc2. The van der Waals surface area contributed by atoms with Crippen LogP contribution < -0.4 is 0 Å². The third-order valence-corrected chi connectivity index (χ3v) is 0. The van der Waals surface area contributed by atoms with Crippen LogP contribution in [-0.4, -0.2) is 34.7 Å². The number of hydrogen-bond donors (Lipinski definition) is 0. The van der Waals surface area contributed by atoms with Crippen molar-refractivity contribution in [2.24, 2.45) is 0 Å². The largest absolute Gasteiger partial charge is 3.00 e. The Kier molecular flexibility index (Phi) is 1030. The molecule has 0 saturated heterocycles. The third-order valence-electron chi connectivity index (χ3n) is 0. The maximum absolute atomic E-state index is 0. The second kappa shape index (κ2) is 71.1. The molecular weight excluding hydrogens is 192 g/mol. The Balaban J connectivity index is 0. The van der Waals surface area contributed by atoms with E-state index in [1.165, 1.54) is 0 Å². The van der Waals surface area contributed by atoms with Gasteiger partial charge in [-0.15, -0.1) is 0 Å². The molecule has 0 aliphatic carbocycles. The van der Waals surface area contributed by atoms with Crippen LogP contribution in [-0.2, 0) is 68.1 Å². The van der Waals surface area contributed by atoms with Gasteiger partial charge in [-0.05, 0) is 0 Å². The summed E-state index contributed by atoms with van der Waals surface area (Å²) in [5.41, 5.74) is 0. The van der Waals surface area contributed by atoms with Crippen molar-refractivity contribution in [3.63, 3.8) is 0 Å². The van der Waals surface area contributed by atoms with E-state index in [1.54, 1.807) is 0 Å². The molecule has 0 aliphatic rings. The van der Waals surface area contributed by atoms with Gasteiger partial charge in [-0.2, -0.15) is 0 Å². The molecule has 0 aromatic rings. The first-order chi connectivity index (χ1) is 0. The summed E-state index contributed by atoms with van der Waals surface area (Å²) in [5, 5.41) is 0. The Labute approximate surface area is 101 Å². The van der Waals surface area contributed by atoms with E-state index in [1.807, 2.05) is 0 Å². The van der Waals surface area contributed by atoms with Gasteiger partial charge in [0.15, 0.2) is 0 Å². The van der Waals surface area contributed by atoms with Crippen LogP contribution in [0.15, 0.2) is 0 Å². The van der Waals surface area contributed by atoms with Crippen molar-refractivity contribution in [3.8, 4) is 0 Å². The van der Waals surface area contributed by atoms with E-state index in [9.17, 15) is 0 Å². The van der Waals surface area contributed by atoms with E-state index in [4.69, 9.17) is 0 Å². The summed E-state index contributed by atoms with van der Waals surface area (Å²) in [7, 11) is 0. The van der Waals surface area contributed by atoms with Gasteiger partial charge in [0.2, 0.25) is 0 Å². The van der Waals surface area contributed by atoms with Crippen LogP contribution >= 0.6 is 0 Å². The zero-order valence-electron chi connectivity index (χ0n) is 3.53. The van der Waals surface area contributed by atoms with Crippen molar-refractivity contribution in [1.82, 2.24) is 0 Å². The van der Waals surface area contributed by atoms with Gasteiger partial charge in [0.05, 0.1) is 0 Å². The summed E-state index contributed by atoms with van der Waals surface area (Å²) in [6, 6.07) is 0. The summed E-state index contributed by atoms with van der Waals surface area (Å²) in [4.78, 5) is 0. The van der Waals surface area contributed by atoms with Crippen LogP contribution in [0, 0.1) is 0 Å². The number of rotatable bonds is 0. The minimum Gasteiger partial charge on any atom is -2.00 e. The summed E-state index contributed by atoms with van der Waals surface area (Å²) in [6.07, 6.45) is 0. The molecule has 0 atom stereocenters. The van der Waals surface area contributed by atoms with Crippen molar-refractivity contribution in [2.45, 2.75) is 0 Å². The van der Waals surface area contributed by atoms with Crippen LogP contribution in [0.25, 0.3) is 0 Å². The average molecular weight is 192 g/mol. The van der Waals surface area contributed by atoms with Crippen LogP contribution in [0.1, 0.15) is 0 Å². The van der Waals surface area contributed by atoms with E-state index in [2.05, 4.69) is 0 Å². The Hall–Kier alpha value is 2.69. The van der Waals surface area contributed by atoms with Gasteiger partial charge >= 0.3 is 34.7 Å². The van der Waals surface area contributed by atoms with Gasteiger partial charge in [0.25, 0.3) is 0 Å². The molecule has 0 fully saturated rings. The topological polar surface area (TPSA) is 85.5 Å². The minimum atomic E-state index is 0. The van der Waals surface area contributed by atoms with Crippen molar-refractivity contribution in [1.29, 1.82) is 0 Å². The molecule has 2 radical (unpaired) electrons. The molecule has 0 bridgehead atoms. The average Bonchev–Trinajstić information content (AvgIpc) is 0. The van der Waals surface area contributed by atoms with Crippen LogP contribution in [0.5, 0.6) is 0 Å². The van der Waals surface area contributed by atoms with Crippen molar-refractivity contribution in [2.75, 3.05) is 0 Å². The molecule has 30 valence electrons. The Bertz CT molecular complexity index is 10.9. The van der Waals surface area contributed by atoms with Crippen LogP contribution in [0.3, 0.4) is 0 Å². The van der Waals surface area contributed by atoms with Crippen LogP contribution in [0.2, 0.25) is 0 Å². The van der Waals surface area contributed by atoms with Gasteiger partial charge in [0.1, 0.15) is 0 Å². The van der Waals surface area contributed by atoms with E-state index < -0.39 is 0 Å². The maximum Gasteiger partial charge on any atom is 3.00 e. The summed E-state index contributed by atoms with van der Waals surface area (Å²) in [5.74, 6) is 0. The van der Waals surface area contributed by atoms with E-state index >= 15 is 0 Å². The fourth-order valence-electron chi connectivity index (χ4n) is 0. The predicted octanol–water partition coefficient (Wildman–Crippen LogP) is -1.12. The van der Waals surface area contributed by atoms with Crippen molar-refractivity contribution in [3.05, 3.63) is 0 Å². The Morgan fingerprint density at radius 2 is 0.429 bits per heavy atom. The fourth-order valence-corrected chi connectivity index (χ4v) is 0.